The summed E-state index contributed by atoms with van der Waals surface area (Å²) in [5.41, 5.74) is 3.94. The number of hydrogen-bond donors (Lipinski definition) is 2. The first-order chi connectivity index (χ1) is 13.5. The van der Waals surface area contributed by atoms with Gasteiger partial charge in [0, 0.05) is 6.04 Å². The van der Waals surface area contributed by atoms with Crippen molar-refractivity contribution in [1.29, 1.82) is 0 Å². The van der Waals surface area contributed by atoms with E-state index in [4.69, 9.17) is 9.47 Å². The molecular weight excluding hydrogens is 358 g/mol. The zero-order chi connectivity index (χ0) is 20.4. The zero-order valence-corrected chi connectivity index (χ0v) is 16.3. The Kier molecular flexibility index (Phi) is 8.02. The maximum absolute atomic E-state index is 11.7. The standard InChI is InChI=1S/C21H25N3O4/c1-4-15(2)23-20(25)21(26)24-22-13-17-10-11-18(19(12-17)27-3)28-14-16-8-6-5-7-9-16/h5-13,15H,4,14H2,1-3H3,(H,23,25)(H,24,26)/b22-13-/t15-/m1/s1. The molecule has 1 atom stereocenters. The molecule has 2 N–H and O–H groups in total. The number of hydrogen-bond acceptors (Lipinski definition) is 5. The van der Waals surface area contributed by atoms with Crippen LogP contribution in [0, 0.1) is 0 Å². The Labute approximate surface area is 164 Å². The first-order valence-corrected chi connectivity index (χ1v) is 9.02. The summed E-state index contributed by atoms with van der Waals surface area (Å²) in [6.07, 6.45) is 2.17. The number of benzene rings is 2. The average Bonchev–Trinajstić information content (AvgIpc) is 2.73. The highest BCUT2D eigenvalue weighted by Gasteiger charge is 2.14. The van der Waals surface area contributed by atoms with Crippen molar-refractivity contribution in [3.8, 4) is 11.5 Å². The normalized spacial score (nSPS) is 11.7. The van der Waals surface area contributed by atoms with Gasteiger partial charge in [-0.1, -0.05) is 37.3 Å². The molecule has 0 unspecified atom stereocenters. The monoisotopic (exact) mass is 383 g/mol. The first kappa shape index (κ1) is 21.0. The summed E-state index contributed by atoms with van der Waals surface area (Å²) in [5, 5.41) is 6.38. The molecule has 0 aromatic heterocycles. The van der Waals surface area contributed by atoms with Crippen LogP contribution in [0.5, 0.6) is 11.5 Å². The molecule has 0 saturated heterocycles. The van der Waals surface area contributed by atoms with Crippen LogP contribution in [0.4, 0.5) is 0 Å². The molecule has 0 saturated carbocycles. The smallest absolute Gasteiger partial charge is 0.329 e. The number of hydrazone groups is 1. The van der Waals surface area contributed by atoms with Gasteiger partial charge in [0.1, 0.15) is 6.61 Å². The van der Waals surface area contributed by atoms with E-state index < -0.39 is 11.8 Å². The predicted octanol–water partition coefficient (Wildman–Crippen LogP) is 2.64. The molecule has 0 fully saturated rings. The van der Waals surface area contributed by atoms with Gasteiger partial charge in [0.05, 0.1) is 13.3 Å². The number of ether oxygens (including phenoxy) is 2. The SMILES string of the molecule is CC[C@@H](C)NC(=O)C(=O)N/N=C\c1ccc(OCc2ccccc2)c(OC)c1. The molecule has 2 rings (SSSR count). The molecule has 148 valence electrons. The van der Waals surface area contributed by atoms with E-state index in [1.807, 2.05) is 44.2 Å². The van der Waals surface area contributed by atoms with E-state index in [1.54, 1.807) is 25.3 Å². The predicted molar refractivity (Wildman–Crippen MR) is 107 cm³/mol. The van der Waals surface area contributed by atoms with Gasteiger partial charge in [0.25, 0.3) is 0 Å². The van der Waals surface area contributed by atoms with Gasteiger partial charge in [-0.3, -0.25) is 9.59 Å². The summed E-state index contributed by atoms with van der Waals surface area (Å²) in [4.78, 5) is 23.4. The van der Waals surface area contributed by atoms with E-state index in [0.29, 0.717) is 23.7 Å². The van der Waals surface area contributed by atoms with Gasteiger partial charge in [0.2, 0.25) is 0 Å². The molecule has 28 heavy (non-hydrogen) atoms. The van der Waals surface area contributed by atoms with Crippen LogP contribution < -0.4 is 20.2 Å². The summed E-state index contributed by atoms with van der Waals surface area (Å²) >= 11 is 0. The van der Waals surface area contributed by atoms with Crippen molar-refractivity contribution in [2.75, 3.05) is 7.11 Å². The summed E-state index contributed by atoms with van der Waals surface area (Å²) in [6, 6.07) is 15.0. The lowest BCUT2D eigenvalue weighted by molar-refractivity contribution is -0.139. The quantitative estimate of drug-likeness (QED) is 0.417. The van der Waals surface area contributed by atoms with Crippen molar-refractivity contribution < 1.29 is 19.1 Å². The lowest BCUT2D eigenvalue weighted by Gasteiger charge is -2.11. The van der Waals surface area contributed by atoms with Crippen molar-refractivity contribution in [3.63, 3.8) is 0 Å². The number of methoxy groups -OCH3 is 1. The fourth-order valence-electron chi connectivity index (χ4n) is 2.23. The molecule has 0 heterocycles. The minimum absolute atomic E-state index is 0.0741. The Balaban J connectivity index is 1.94. The third kappa shape index (κ3) is 6.42. The van der Waals surface area contributed by atoms with Crippen LogP contribution in [0.1, 0.15) is 31.4 Å². The molecule has 0 spiro atoms. The second-order valence-corrected chi connectivity index (χ2v) is 6.17. The minimum atomic E-state index is -0.814. The minimum Gasteiger partial charge on any atom is -0.493 e. The highest BCUT2D eigenvalue weighted by Crippen LogP contribution is 2.28. The molecule has 7 nitrogen and oxygen atoms in total. The number of carbonyl (C=O) groups excluding carboxylic acids is 2. The highest BCUT2D eigenvalue weighted by molar-refractivity contribution is 6.35. The van der Waals surface area contributed by atoms with Crippen LogP contribution in [0.25, 0.3) is 0 Å². The first-order valence-electron chi connectivity index (χ1n) is 9.02. The van der Waals surface area contributed by atoms with E-state index in [2.05, 4.69) is 15.8 Å². The number of nitrogens with one attached hydrogen (secondary N) is 2. The molecule has 0 aliphatic heterocycles. The number of nitrogens with zero attached hydrogens (tertiary/aromatic N) is 1. The second-order valence-electron chi connectivity index (χ2n) is 6.17. The molecule has 2 aromatic carbocycles. The summed E-state index contributed by atoms with van der Waals surface area (Å²) < 4.78 is 11.2. The third-order valence-corrected chi connectivity index (χ3v) is 4.00. The van der Waals surface area contributed by atoms with Crippen molar-refractivity contribution in [3.05, 3.63) is 59.7 Å². The van der Waals surface area contributed by atoms with Crippen molar-refractivity contribution >= 4 is 18.0 Å². The number of amides is 2. The molecule has 7 heteroatoms. The van der Waals surface area contributed by atoms with Crippen LogP contribution in [-0.2, 0) is 16.2 Å². The average molecular weight is 383 g/mol. The largest absolute Gasteiger partial charge is 0.493 e. The van der Waals surface area contributed by atoms with Gasteiger partial charge in [0.15, 0.2) is 11.5 Å². The Morgan fingerprint density at radius 3 is 2.54 bits per heavy atom. The Bertz CT molecular complexity index is 822. The fourth-order valence-corrected chi connectivity index (χ4v) is 2.23. The number of carbonyl (C=O) groups is 2. The van der Waals surface area contributed by atoms with Crippen LogP contribution in [0.2, 0.25) is 0 Å². The van der Waals surface area contributed by atoms with Crippen LogP contribution >= 0.6 is 0 Å². The summed E-state index contributed by atoms with van der Waals surface area (Å²) in [7, 11) is 1.55. The summed E-state index contributed by atoms with van der Waals surface area (Å²) in [6.45, 7) is 4.16. The van der Waals surface area contributed by atoms with E-state index in [0.717, 1.165) is 12.0 Å². The fraction of sp³-hybridized carbons (Fsp3) is 0.286. The lowest BCUT2D eigenvalue weighted by Crippen LogP contribution is -2.41. The van der Waals surface area contributed by atoms with Crippen molar-refractivity contribution in [2.45, 2.75) is 32.9 Å². The van der Waals surface area contributed by atoms with E-state index in [1.165, 1.54) is 6.21 Å². The Hall–Kier alpha value is -3.35. The Morgan fingerprint density at radius 1 is 1.11 bits per heavy atom. The van der Waals surface area contributed by atoms with Crippen molar-refractivity contribution in [1.82, 2.24) is 10.7 Å². The molecule has 0 aliphatic rings. The maximum Gasteiger partial charge on any atom is 0.329 e. The second kappa shape index (κ2) is 10.7. The van der Waals surface area contributed by atoms with Gasteiger partial charge in [-0.2, -0.15) is 5.10 Å². The van der Waals surface area contributed by atoms with Gasteiger partial charge in [-0.15, -0.1) is 0 Å². The lowest BCUT2D eigenvalue weighted by atomic mass is 10.2. The number of rotatable bonds is 8. The van der Waals surface area contributed by atoms with Crippen molar-refractivity contribution in [2.24, 2.45) is 5.10 Å². The summed E-state index contributed by atoms with van der Waals surface area (Å²) in [5.74, 6) is -0.388. The van der Waals surface area contributed by atoms with Crippen LogP contribution in [0.15, 0.2) is 53.6 Å². The van der Waals surface area contributed by atoms with E-state index in [-0.39, 0.29) is 6.04 Å². The topological polar surface area (TPSA) is 89.0 Å². The van der Waals surface area contributed by atoms with Crippen LogP contribution in [0.3, 0.4) is 0 Å². The van der Waals surface area contributed by atoms with Gasteiger partial charge < -0.3 is 14.8 Å². The van der Waals surface area contributed by atoms with E-state index >= 15 is 0 Å². The van der Waals surface area contributed by atoms with Gasteiger partial charge in [-0.05, 0) is 42.7 Å². The third-order valence-electron chi connectivity index (χ3n) is 4.00. The zero-order valence-electron chi connectivity index (χ0n) is 16.3. The molecular formula is C21H25N3O4. The van der Waals surface area contributed by atoms with Gasteiger partial charge in [-0.25, -0.2) is 5.43 Å². The van der Waals surface area contributed by atoms with Crippen LogP contribution in [-0.4, -0.2) is 31.2 Å². The maximum atomic E-state index is 11.7. The molecule has 0 bridgehead atoms. The molecule has 0 aliphatic carbocycles. The molecule has 0 radical (unpaired) electrons. The van der Waals surface area contributed by atoms with Gasteiger partial charge >= 0.3 is 11.8 Å². The molecule has 2 amide bonds. The molecule has 2 aromatic rings. The Morgan fingerprint density at radius 2 is 1.86 bits per heavy atom. The highest BCUT2D eigenvalue weighted by atomic mass is 16.5. The van der Waals surface area contributed by atoms with E-state index in [9.17, 15) is 9.59 Å².